The first-order chi connectivity index (χ1) is 14.6. The van der Waals surface area contributed by atoms with Gasteiger partial charge in [0, 0.05) is 10.9 Å². The predicted molar refractivity (Wildman–Crippen MR) is 118 cm³/mol. The third-order valence-electron chi connectivity index (χ3n) is 4.33. The molecular formula is C23H25FN2O3S. The number of carbonyl (C=O) groups excluding carboxylic acids is 1. The Morgan fingerprint density at radius 1 is 1.07 bits per heavy atom. The normalized spacial score (nSPS) is 11.7. The SMILES string of the molecule is CCOc1ccc(OCC)c(NC(=O)CNC(c2ccc(F)cc2)c2cccs2)c1. The Morgan fingerprint density at radius 3 is 2.50 bits per heavy atom. The van der Waals surface area contributed by atoms with Crippen molar-refractivity contribution in [3.63, 3.8) is 0 Å². The molecule has 1 unspecified atom stereocenters. The predicted octanol–water partition coefficient (Wildman–Crippen LogP) is 5.00. The van der Waals surface area contributed by atoms with Crippen LogP contribution in [-0.4, -0.2) is 25.7 Å². The van der Waals surface area contributed by atoms with Crippen molar-refractivity contribution in [1.29, 1.82) is 0 Å². The van der Waals surface area contributed by atoms with E-state index in [-0.39, 0.29) is 24.3 Å². The molecule has 1 amide bonds. The lowest BCUT2D eigenvalue weighted by Gasteiger charge is -2.19. The molecule has 0 fully saturated rings. The van der Waals surface area contributed by atoms with E-state index in [1.807, 2.05) is 37.4 Å². The minimum absolute atomic E-state index is 0.0738. The lowest BCUT2D eigenvalue weighted by Crippen LogP contribution is -2.31. The van der Waals surface area contributed by atoms with Crippen LogP contribution < -0.4 is 20.1 Å². The van der Waals surface area contributed by atoms with Crippen LogP contribution in [0.5, 0.6) is 11.5 Å². The number of rotatable bonds is 10. The Balaban J connectivity index is 1.71. The Morgan fingerprint density at radius 2 is 1.83 bits per heavy atom. The van der Waals surface area contributed by atoms with Crippen LogP contribution in [0, 0.1) is 5.82 Å². The zero-order valence-electron chi connectivity index (χ0n) is 17.0. The molecule has 30 heavy (non-hydrogen) atoms. The topological polar surface area (TPSA) is 59.6 Å². The number of amides is 1. The van der Waals surface area contributed by atoms with Crippen molar-refractivity contribution < 1.29 is 18.7 Å². The van der Waals surface area contributed by atoms with E-state index in [1.165, 1.54) is 12.1 Å². The lowest BCUT2D eigenvalue weighted by atomic mass is 10.1. The molecule has 0 aliphatic carbocycles. The monoisotopic (exact) mass is 428 g/mol. The molecule has 158 valence electrons. The van der Waals surface area contributed by atoms with Crippen LogP contribution >= 0.6 is 11.3 Å². The molecule has 0 aliphatic heterocycles. The van der Waals surface area contributed by atoms with Crippen LogP contribution in [0.2, 0.25) is 0 Å². The molecule has 0 saturated heterocycles. The number of hydrogen-bond donors (Lipinski definition) is 2. The van der Waals surface area contributed by atoms with E-state index in [1.54, 1.807) is 35.6 Å². The number of ether oxygens (including phenoxy) is 2. The second-order valence-electron chi connectivity index (χ2n) is 6.45. The Bertz CT molecular complexity index is 946. The van der Waals surface area contributed by atoms with Gasteiger partial charge in [0.05, 0.1) is 31.5 Å². The highest BCUT2D eigenvalue weighted by Crippen LogP contribution is 2.30. The van der Waals surface area contributed by atoms with Crippen molar-refractivity contribution in [3.8, 4) is 11.5 Å². The molecule has 0 spiro atoms. The van der Waals surface area contributed by atoms with Crippen molar-refractivity contribution in [2.75, 3.05) is 25.1 Å². The zero-order valence-corrected chi connectivity index (χ0v) is 17.8. The number of thiophene rings is 1. The number of benzene rings is 2. The summed E-state index contributed by atoms with van der Waals surface area (Å²) < 4.78 is 24.5. The van der Waals surface area contributed by atoms with Crippen molar-refractivity contribution >= 4 is 22.9 Å². The van der Waals surface area contributed by atoms with Gasteiger partial charge in [0.2, 0.25) is 5.91 Å². The van der Waals surface area contributed by atoms with Crippen molar-refractivity contribution in [2.45, 2.75) is 19.9 Å². The summed E-state index contributed by atoms with van der Waals surface area (Å²) in [6, 6.07) is 15.4. The third-order valence-corrected chi connectivity index (χ3v) is 5.27. The molecular weight excluding hydrogens is 403 g/mol. The minimum Gasteiger partial charge on any atom is -0.494 e. The Kier molecular flexibility index (Phi) is 7.82. The van der Waals surface area contributed by atoms with Gasteiger partial charge in [-0.05, 0) is 55.1 Å². The third kappa shape index (κ3) is 5.81. The highest BCUT2D eigenvalue weighted by Gasteiger charge is 2.17. The van der Waals surface area contributed by atoms with E-state index in [9.17, 15) is 9.18 Å². The summed E-state index contributed by atoms with van der Waals surface area (Å²) in [7, 11) is 0. The van der Waals surface area contributed by atoms with Gasteiger partial charge in [-0.1, -0.05) is 18.2 Å². The van der Waals surface area contributed by atoms with Gasteiger partial charge in [0.25, 0.3) is 0 Å². The average molecular weight is 429 g/mol. The fourth-order valence-electron chi connectivity index (χ4n) is 3.03. The highest BCUT2D eigenvalue weighted by molar-refractivity contribution is 7.10. The lowest BCUT2D eigenvalue weighted by molar-refractivity contribution is -0.115. The molecule has 1 aromatic heterocycles. The van der Waals surface area contributed by atoms with E-state index in [2.05, 4.69) is 10.6 Å². The minimum atomic E-state index is -0.293. The van der Waals surface area contributed by atoms with E-state index in [0.717, 1.165) is 10.4 Å². The molecule has 2 aromatic carbocycles. The fraction of sp³-hybridized carbons (Fsp3) is 0.261. The first-order valence-electron chi connectivity index (χ1n) is 9.82. The second-order valence-corrected chi connectivity index (χ2v) is 7.43. The maximum Gasteiger partial charge on any atom is 0.238 e. The fourth-order valence-corrected chi connectivity index (χ4v) is 3.85. The molecule has 5 nitrogen and oxygen atoms in total. The van der Waals surface area contributed by atoms with E-state index in [4.69, 9.17) is 9.47 Å². The number of nitrogens with one attached hydrogen (secondary N) is 2. The Hall–Kier alpha value is -2.90. The molecule has 0 radical (unpaired) electrons. The number of hydrogen-bond acceptors (Lipinski definition) is 5. The number of carbonyl (C=O) groups is 1. The van der Waals surface area contributed by atoms with Crippen LogP contribution in [0.25, 0.3) is 0 Å². The molecule has 0 bridgehead atoms. The van der Waals surface area contributed by atoms with Crippen LogP contribution in [0.15, 0.2) is 60.0 Å². The molecule has 7 heteroatoms. The van der Waals surface area contributed by atoms with Gasteiger partial charge < -0.3 is 14.8 Å². The van der Waals surface area contributed by atoms with Crippen LogP contribution in [-0.2, 0) is 4.79 Å². The van der Waals surface area contributed by atoms with E-state index < -0.39 is 0 Å². The second kappa shape index (κ2) is 10.8. The van der Waals surface area contributed by atoms with E-state index in [0.29, 0.717) is 30.4 Å². The highest BCUT2D eigenvalue weighted by atomic mass is 32.1. The summed E-state index contributed by atoms with van der Waals surface area (Å²) in [5.74, 6) is 0.738. The van der Waals surface area contributed by atoms with Gasteiger partial charge in [-0.25, -0.2) is 4.39 Å². The van der Waals surface area contributed by atoms with Crippen LogP contribution in [0.1, 0.15) is 30.3 Å². The zero-order chi connectivity index (χ0) is 21.3. The number of anilines is 1. The first kappa shape index (κ1) is 21.8. The summed E-state index contributed by atoms with van der Waals surface area (Å²) >= 11 is 1.58. The molecule has 2 N–H and O–H groups in total. The van der Waals surface area contributed by atoms with Crippen LogP contribution in [0.3, 0.4) is 0 Å². The number of halogens is 1. The summed E-state index contributed by atoms with van der Waals surface area (Å²) in [6.45, 7) is 4.88. The average Bonchev–Trinajstić information content (AvgIpc) is 3.26. The molecule has 0 saturated carbocycles. The van der Waals surface area contributed by atoms with Gasteiger partial charge >= 0.3 is 0 Å². The molecule has 1 heterocycles. The summed E-state index contributed by atoms with van der Waals surface area (Å²) in [5.41, 5.74) is 1.45. The smallest absolute Gasteiger partial charge is 0.238 e. The summed E-state index contributed by atoms with van der Waals surface area (Å²) in [6.07, 6.45) is 0. The largest absolute Gasteiger partial charge is 0.494 e. The van der Waals surface area contributed by atoms with Gasteiger partial charge in [0.1, 0.15) is 17.3 Å². The molecule has 0 aliphatic rings. The van der Waals surface area contributed by atoms with Crippen LogP contribution in [0.4, 0.5) is 10.1 Å². The summed E-state index contributed by atoms with van der Waals surface area (Å²) in [5, 5.41) is 8.14. The summed E-state index contributed by atoms with van der Waals surface area (Å²) in [4.78, 5) is 13.7. The van der Waals surface area contributed by atoms with Gasteiger partial charge in [-0.2, -0.15) is 0 Å². The maximum absolute atomic E-state index is 13.3. The van der Waals surface area contributed by atoms with Crippen molar-refractivity contribution in [1.82, 2.24) is 5.32 Å². The first-order valence-corrected chi connectivity index (χ1v) is 10.7. The van der Waals surface area contributed by atoms with Gasteiger partial charge in [-0.15, -0.1) is 11.3 Å². The van der Waals surface area contributed by atoms with Gasteiger partial charge in [-0.3, -0.25) is 10.1 Å². The van der Waals surface area contributed by atoms with Gasteiger partial charge in [0.15, 0.2) is 0 Å². The standard InChI is InChI=1S/C23H25FN2O3S/c1-3-28-18-11-12-20(29-4-2)19(14-18)26-22(27)15-25-23(21-6-5-13-30-21)16-7-9-17(24)10-8-16/h5-14,23,25H,3-4,15H2,1-2H3,(H,26,27). The maximum atomic E-state index is 13.3. The Labute approximate surface area is 179 Å². The quantitative estimate of drug-likeness (QED) is 0.477. The van der Waals surface area contributed by atoms with E-state index >= 15 is 0 Å². The molecule has 1 atom stereocenters. The molecule has 3 aromatic rings. The van der Waals surface area contributed by atoms with Crippen molar-refractivity contribution in [2.24, 2.45) is 0 Å². The molecule has 3 rings (SSSR count). The van der Waals surface area contributed by atoms with Crippen molar-refractivity contribution in [3.05, 3.63) is 76.2 Å².